The average molecular weight is 158 g/mol. The zero-order valence-corrected chi connectivity index (χ0v) is 6.52. The quantitative estimate of drug-likeness (QED) is 0.572. The minimum Gasteiger partial charge on any atom is -0.290 e. The van der Waals surface area contributed by atoms with Crippen LogP contribution >= 0.6 is 0 Å². The van der Waals surface area contributed by atoms with Gasteiger partial charge in [0.15, 0.2) is 5.69 Å². The smallest absolute Gasteiger partial charge is 0.234 e. The predicted molar refractivity (Wildman–Crippen MR) is 42.4 cm³/mol. The maximum absolute atomic E-state index is 8.55. The summed E-state index contributed by atoms with van der Waals surface area (Å²) in [6, 6.07) is 1.96. The lowest BCUT2D eigenvalue weighted by Crippen LogP contribution is -1.87. The fourth-order valence-corrected chi connectivity index (χ4v) is 1.04. The Morgan fingerprint density at radius 1 is 1.50 bits per heavy atom. The molecule has 2 heterocycles. The van der Waals surface area contributed by atoms with Crippen LogP contribution in [0.25, 0.3) is 5.78 Å². The standard InChI is InChI=1S/C8H6N4/c1-6-3-10-8-11-7(2-9)5-12(8)4-6/h3-5H,1H3. The minimum atomic E-state index is 0.396. The van der Waals surface area contributed by atoms with Gasteiger partial charge in [0.05, 0.1) is 0 Å². The SMILES string of the molecule is Cc1cnc2nc(C#N)cn2c1. The minimum absolute atomic E-state index is 0.396. The van der Waals surface area contributed by atoms with Crippen molar-refractivity contribution in [2.75, 3.05) is 0 Å². The van der Waals surface area contributed by atoms with Gasteiger partial charge in [0.2, 0.25) is 5.78 Å². The van der Waals surface area contributed by atoms with Gasteiger partial charge < -0.3 is 0 Å². The van der Waals surface area contributed by atoms with E-state index in [1.807, 2.05) is 19.2 Å². The molecule has 0 aliphatic heterocycles. The maximum atomic E-state index is 8.55. The van der Waals surface area contributed by atoms with Crippen molar-refractivity contribution in [2.24, 2.45) is 0 Å². The molecule has 2 aromatic rings. The summed E-state index contributed by atoms with van der Waals surface area (Å²) >= 11 is 0. The first-order chi connectivity index (χ1) is 5.79. The molecule has 0 aliphatic rings. The summed E-state index contributed by atoms with van der Waals surface area (Å²) in [5.74, 6) is 0.567. The highest BCUT2D eigenvalue weighted by atomic mass is 15.1. The summed E-state index contributed by atoms with van der Waals surface area (Å²) < 4.78 is 1.74. The first kappa shape index (κ1) is 6.80. The second-order valence-electron chi connectivity index (χ2n) is 2.58. The summed E-state index contributed by atoms with van der Waals surface area (Å²) in [5.41, 5.74) is 1.44. The molecular weight excluding hydrogens is 152 g/mol. The largest absolute Gasteiger partial charge is 0.290 e. The van der Waals surface area contributed by atoms with Crippen LogP contribution in [0, 0.1) is 18.3 Å². The van der Waals surface area contributed by atoms with E-state index in [1.54, 1.807) is 16.8 Å². The third-order valence-electron chi connectivity index (χ3n) is 1.55. The third kappa shape index (κ3) is 0.920. The molecule has 0 unspecified atom stereocenters. The van der Waals surface area contributed by atoms with E-state index in [0.717, 1.165) is 5.56 Å². The molecule has 0 saturated heterocycles. The molecule has 4 nitrogen and oxygen atoms in total. The van der Waals surface area contributed by atoms with Gasteiger partial charge in [-0.1, -0.05) is 0 Å². The van der Waals surface area contributed by atoms with Crippen LogP contribution in [0.4, 0.5) is 0 Å². The van der Waals surface area contributed by atoms with Crippen molar-refractivity contribution in [3.63, 3.8) is 0 Å². The van der Waals surface area contributed by atoms with Gasteiger partial charge in [0, 0.05) is 18.6 Å². The number of aromatic nitrogens is 3. The van der Waals surface area contributed by atoms with E-state index in [4.69, 9.17) is 5.26 Å². The Balaban J connectivity index is 2.77. The van der Waals surface area contributed by atoms with Gasteiger partial charge >= 0.3 is 0 Å². The molecule has 0 N–H and O–H groups in total. The number of rotatable bonds is 0. The van der Waals surface area contributed by atoms with Crippen molar-refractivity contribution in [3.8, 4) is 6.07 Å². The molecule has 0 bridgehead atoms. The molecule has 4 heteroatoms. The summed E-state index contributed by atoms with van der Waals surface area (Å²) in [6.45, 7) is 1.94. The van der Waals surface area contributed by atoms with Crippen molar-refractivity contribution in [1.29, 1.82) is 5.26 Å². The lowest BCUT2D eigenvalue weighted by Gasteiger charge is -1.91. The highest BCUT2D eigenvalue weighted by Crippen LogP contribution is 2.02. The molecule has 0 atom stereocenters. The molecule has 0 radical (unpaired) electrons. The van der Waals surface area contributed by atoms with E-state index >= 15 is 0 Å². The zero-order chi connectivity index (χ0) is 8.55. The van der Waals surface area contributed by atoms with Crippen LogP contribution in [-0.2, 0) is 0 Å². The van der Waals surface area contributed by atoms with Crippen molar-refractivity contribution in [3.05, 3.63) is 29.8 Å². The van der Waals surface area contributed by atoms with Crippen LogP contribution in [0.15, 0.2) is 18.6 Å². The van der Waals surface area contributed by atoms with Crippen LogP contribution in [0.5, 0.6) is 0 Å². The Kier molecular flexibility index (Phi) is 1.31. The van der Waals surface area contributed by atoms with Gasteiger partial charge in [0.1, 0.15) is 6.07 Å². The van der Waals surface area contributed by atoms with E-state index in [2.05, 4.69) is 9.97 Å². The Morgan fingerprint density at radius 2 is 2.33 bits per heavy atom. The normalized spacial score (nSPS) is 10.0. The third-order valence-corrected chi connectivity index (χ3v) is 1.55. The van der Waals surface area contributed by atoms with Crippen molar-refractivity contribution >= 4 is 5.78 Å². The van der Waals surface area contributed by atoms with E-state index in [1.165, 1.54) is 0 Å². The molecular formula is C8H6N4. The lowest BCUT2D eigenvalue weighted by atomic mass is 10.4. The molecule has 0 saturated carbocycles. The number of fused-ring (bicyclic) bond motifs is 1. The van der Waals surface area contributed by atoms with Gasteiger partial charge in [-0.15, -0.1) is 0 Å². The number of imidazole rings is 1. The average Bonchev–Trinajstić information content (AvgIpc) is 2.46. The van der Waals surface area contributed by atoms with E-state index in [-0.39, 0.29) is 0 Å². The number of nitrogens with zero attached hydrogens (tertiary/aromatic N) is 4. The molecule has 2 rings (SSSR count). The second-order valence-corrected chi connectivity index (χ2v) is 2.58. The van der Waals surface area contributed by atoms with Gasteiger partial charge in [-0.2, -0.15) is 10.2 Å². The Hall–Kier alpha value is -1.89. The van der Waals surface area contributed by atoms with Crippen molar-refractivity contribution < 1.29 is 0 Å². The zero-order valence-electron chi connectivity index (χ0n) is 6.52. The molecule has 0 aromatic carbocycles. The fourth-order valence-electron chi connectivity index (χ4n) is 1.04. The van der Waals surface area contributed by atoms with Crippen molar-refractivity contribution in [1.82, 2.24) is 14.4 Å². The van der Waals surface area contributed by atoms with Crippen LogP contribution in [0.3, 0.4) is 0 Å². The molecule has 12 heavy (non-hydrogen) atoms. The summed E-state index contributed by atoms with van der Waals surface area (Å²) in [4.78, 5) is 8.01. The Labute approximate surface area is 69.1 Å². The maximum Gasteiger partial charge on any atom is 0.234 e. The topological polar surface area (TPSA) is 54.0 Å². The van der Waals surface area contributed by atoms with Gasteiger partial charge in [0.25, 0.3) is 0 Å². The second kappa shape index (κ2) is 2.31. The van der Waals surface area contributed by atoms with Crippen LogP contribution in [-0.4, -0.2) is 14.4 Å². The molecule has 0 spiro atoms. The predicted octanol–water partition coefficient (Wildman–Crippen LogP) is 0.909. The van der Waals surface area contributed by atoms with Gasteiger partial charge in [-0.25, -0.2) is 4.98 Å². The molecule has 0 fully saturated rings. The lowest BCUT2D eigenvalue weighted by molar-refractivity contribution is 1.08. The van der Waals surface area contributed by atoms with Gasteiger partial charge in [-0.3, -0.25) is 4.40 Å². The summed E-state index contributed by atoms with van der Waals surface area (Å²) in [7, 11) is 0. The van der Waals surface area contributed by atoms with E-state index in [9.17, 15) is 0 Å². The molecule has 2 aromatic heterocycles. The van der Waals surface area contributed by atoms with Crippen LogP contribution < -0.4 is 0 Å². The van der Waals surface area contributed by atoms with E-state index < -0.39 is 0 Å². The molecule has 0 aliphatic carbocycles. The first-order valence-corrected chi connectivity index (χ1v) is 3.51. The number of hydrogen-bond donors (Lipinski definition) is 0. The monoisotopic (exact) mass is 158 g/mol. The van der Waals surface area contributed by atoms with Crippen LogP contribution in [0.1, 0.15) is 11.3 Å². The molecule has 58 valence electrons. The fraction of sp³-hybridized carbons (Fsp3) is 0.125. The highest BCUT2D eigenvalue weighted by molar-refractivity contribution is 5.35. The Morgan fingerprint density at radius 3 is 3.08 bits per heavy atom. The number of aryl methyl sites for hydroxylation is 1. The Bertz CT molecular complexity index is 463. The number of nitriles is 1. The van der Waals surface area contributed by atoms with Crippen LogP contribution in [0.2, 0.25) is 0 Å². The molecule has 0 amide bonds. The number of hydrogen-bond acceptors (Lipinski definition) is 3. The first-order valence-electron chi connectivity index (χ1n) is 3.51. The highest BCUT2D eigenvalue weighted by Gasteiger charge is 1.99. The van der Waals surface area contributed by atoms with Crippen molar-refractivity contribution in [2.45, 2.75) is 6.92 Å². The summed E-state index contributed by atoms with van der Waals surface area (Å²) in [5, 5.41) is 8.55. The van der Waals surface area contributed by atoms with E-state index in [0.29, 0.717) is 11.5 Å². The summed E-state index contributed by atoms with van der Waals surface area (Å²) in [6.07, 6.45) is 5.27. The van der Waals surface area contributed by atoms with Gasteiger partial charge in [-0.05, 0) is 12.5 Å².